The number of amides is 2. The number of carbonyl (C=O) groups is 2. The summed E-state index contributed by atoms with van der Waals surface area (Å²) in [5.74, 6) is -0.615. The van der Waals surface area contributed by atoms with Gasteiger partial charge in [-0.1, -0.05) is 17.7 Å². The van der Waals surface area contributed by atoms with Gasteiger partial charge in [0.05, 0.1) is 10.7 Å². The molecule has 3 N–H and O–H groups in total. The fourth-order valence-corrected chi connectivity index (χ4v) is 2.86. The number of anilines is 1. The molecule has 120 valence electrons. The summed E-state index contributed by atoms with van der Waals surface area (Å²) in [6.45, 7) is 2.11. The Morgan fingerprint density at radius 2 is 2.00 bits per heavy atom. The molecule has 1 aliphatic rings. The van der Waals surface area contributed by atoms with E-state index < -0.39 is 5.60 Å². The second-order valence-electron chi connectivity index (χ2n) is 5.78. The zero-order valence-electron chi connectivity index (χ0n) is 12.6. The lowest BCUT2D eigenvalue weighted by molar-refractivity contribution is -0.139. The van der Waals surface area contributed by atoms with E-state index in [2.05, 4.69) is 10.6 Å². The number of hydrogen-bond donors (Lipinski definition) is 3. The van der Waals surface area contributed by atoms with E-state index in [4.69, 9.17) is 11.6 Å². The Balaban J connectivity index is 1.77. The van der Waals surface area contributed by atoms with Crippen LogP contribution in [0.25, 0.3) is 0 Å². The summed E-state index contributed by atoms with van der Waals surface area (Å²) >= 11 is 6.04. The quantitative estimate of drug-likeness (QED) is 0.778. The van der Waals surface area contributed by atoms with E-state index in [1.165, 1.54) is 0 Å². The first kappa shape index (κ1) is 16.8. The molecule has 0 aromatic heterocycles. The van der Waals surface area contributed by atoms with Crippen molar-refractivity contribution in [2.24, 2.45) is 0 Å². The van der Waals surface area contributed by atoms with Gasteiger partial charge in [0.1, 0.15) is 5.60 Å². The first-order valence-electron chi connectivity index (χ1n) is 7.47. The predicted octanol–water partition coefficient (Wildman–Crippen LogP) is 2.40. The summed E-state index contributed by atoms with van der Waals surface area (Å²) < 4.78 is 0. The lowest BCUT2D eigenvalue weighted by Gasteiger charge is -2.20. The highest BCUT2D eigenvalue weighted by Gasteiger charge is 2.38. The van der Waals surface area contributed by atoms with Crippen LogP contribution >= 0.6 is 11.6 Å². The minimum absolute atomic E-state index is 0.131. The van der Waals surface area contributed by atoms with Gasteiger partial charge in [0.2, 0.25) is 5.91 Å². The number of hydrogen-bond acceptors (Lipinski definition) is 3. The zero-order valence-corrected chi connectivity index (χ0v) is 13.4. The molecule has 1 aliphatic carbocycles. The SMILES string of the molecule is Cc1ccc(NC(=O)CCNC(=O)C2(O)CCCC2)c(Cl)c1. The topological polar surface area (TPSA) is 78.4 Å². The molecule has 1 aromatic rings. The Labute approximate surface area is 135 Å². The molecule has 2 rings (SSSR count). The minimum Gasteiger partial charge on any atom is -0.380 e. The van der Waals surface area contributed by atoms with Gasteiger partial charge in [-0.15, -0.1) is 0 Å². The van der Waals surface area contributed by atoms with Crippen LogP contribution in [0.1, 0.15) is 37.7 Å². The fraction of sp³-hybridized carbons (Fsp3) is 0.500. The maximum Gasteiger partial charge on any atom is 0.251 e. The van der Waals surface area contributed by atoms with E-state index >= 15 is 0 Å². The molecule has 6 heteroatoms. The highest BCUT2D eigenvalue weighted by atomic mass is 35.5. The highest BCUT2D eigenvalue weighted by Crippen LogP contribution is 2.29. The van der Waals surface area contributed by atoms with Gasteiger partial charge in [-0.25, -0.2) is 0 Å². The average Bonchev–Trinajstić information content (AvgIpc) is 2.90. The fourth-order valence-electron chi connectivity index (χ4n) is 2.58. The molecule has 0 radical (unpaired) electrons. The highest BCUT2D eigenvalue weighted by molar-refractivity contribution is 6.33. The van der Waals surface area contributed by atoms with Gasteiger partial charge in [-0.2, -0.15) is 0 Å². The molecule has 0 bridgehead atoms. The van der Waals surface area contributed by atoms with Crippen LogP contribution < -0.4 is 10.6 Å². The molecular formula is C16H21ClN2O3. The predicted molar refractivity (Wildman–Crippen MR) is 85.9 cm³/mol. The van der Waals surface area contributed by atoms with Gasteiger partial charge in [-0.05, 0) is 50.3 Å². The van der Waals surface area contributed by atoms with Crippen molar-refractivity contribution in [3.8, 4) is 0 Å². The van der Waals surface area contributed by atoms with Crippen molar-refractivity contribution in [1.29, 1.82) is 0 Å². The van der Waals surface area contributed by atoms with Crippen LogP contribution in [0.3, 0.4) is 0 Å². The standard InChI is InChI=1S/C16H21ClN2O3/c1-11-4-5-13(12(17)10-11)19-14(20)6-9-18-15(21)16(22)7-2-3-8-16/h4-5,10,22H,2-3,6-9H2,1H3,(H,18,21)(H,19,20). The number of rotatable bonds is 5. The van der Waals surface area contributed by atoms with E-state index in [0.29, 0.717) is 23.6 Å². The van der Waals surface area contributed by atoms with E-state index in [1.54, 1.807) is 12.1 Å². The summed E-state index contributed by atoms with van der Waals surface area (Å²) in [6.07, 6.45) is 2.83. The molecule has 1 aromatic carbocycles. The van der Waals surface area contributed by atoms with E-state index in [-0.39, 0.29) is 24.8 Å². The molecule has 1 saturated carbocycles. The maximum absolute atomic E-state index is 11.9. The third-order valence-corrected chi connectivity index (χ3v) is 4.20. The number of aryl methyl sites for hydroxylation is 1. The molecule has 0 saturated heterocycles. The summed E-state index contributed by atoms with van der Waals surface area (Å²) in [5.41, 5.74) is 0.314. The van der Waals surface area contributed by atoms with Crippen molar-refractivity contribution in [3.05, 3.63) is 28.8 Å². The van der Waals surface area contributed by atoms with Crippen molar-refractivity contribution in [1.82, 2.24) is 5.32 Å². The van der Waals surface area contributed by atoms with Crippen molar-refractivity contribution in [3.63, 3.8) is 0 Å². The first-order chi connectivity index (χ1) is 10.4. The number of benzene rings is 1. The number of aliphatic hydroxyl groups is 1. The Hall–Kier alpha value is -1.59. The molecule has 0 heterocycles. The van der Waals surface area contributed by atoms with Crippen LogP contribution in [0.5, 0.6) is 0 Å². The van der Waals surface area contributed by atoms with Gasteiger partial charge < -0.3 is 15.7 Å². The second-order valence-corrected chi connectivity index (χ2v) is 6.18. The van der Waals surface area contributed by atoms with E-state index in [1.807, 2.05) is 13.0 Å². The summed E-state index contributed by atoms with van der Waals surface area (Å²) in [7, 11) is 0. The lowest BCUT2D eigenvalue weighted by atomic mass is 10.0. The molecule has 0 unspecified atom stereocenters. The van der Waals surface area contributed by atoms with Crippen LogP contribution in [0.4, 0.5) is 5.69 Å². The van der Waals surface area contributed by atoms with Crippen LogP contribution in [-0.4, -0.2) is 29.1 Å². The summed E-state index contributed by atoms with van der Waals surface area (Å²) in [4.78, 5) is 23.7. The Morgan fingerprint density at radius 3 is 2.64 bits per heavy atom. The molecule has 0 atom stereocenters. The Morgan fingerprint density at radius 1 is 1.32 bits per heavy atom. The normalized spacial score (nSPS) is 16.3. The van der Waals surface area contributed by atoms with Crippen LogP contribution in [-0.2, 0) is 9.59 Å². The van der Waals surface area contributed by atoms with Crippen molar-refractivity contribution in [2.75, 3.05) is 11.9 Å². The maximum atomic E-state index is 11.9. The molecule has 2 amide bonds. The van der Waals surface area contributed by atoms with E-state index in [9.17, 15) is 14.7 Å². The van der Waals surface area contributed by atoms with Gasteiger partial charge >= 0.3 is 0 Å². The number of nitrogens with one attached hydrogen (secondary N) is 2. The smallest absolute Gasteiger partial charge is 0.251 e. The van der Waals surface area contributed by atoms with Crippen LogP contribution in [0.2, 0.25) is 5.02 Å². The Kier molecular flexibility index (Phi) is 5.42. The van der Waals surface area contributed by atoms with Crippen molar-refractivity contribution >= 4 is 29.1 Å². The summed E-state index contributed by atoms with van der Waals surface area (Å²) in [5, 5.41) is 15.9. The Bertz CT molecular complexity index is 569. The van der Waals surface area contributed by atoms with E-state index in [0.717, 1.165) is 18.4 Å². The minimum atomic E-state index is -1.25. The first-order valence-corrected chi connectivity index (χ1v) is 7.85. The van der Waals surface area contributed by atoms with Gasteiger partial charge in [0.15, 0.2) is 0 Å². The molecule has 5 nitrogen and oxygen atoms in total. The number of carbonyl (C=O) groups excluding carboxylic acids is 2. The zero-order chi connectivity index (χ0) is 16.2. The lowest BCUT2D eigenvalue weighted by Crippen LogP contribution is -2.45. The molecule has 0 aliphatic heterocycles. The summed E-state index contributed by atoms with van der Waals surface area (Å²) in [6, 6.07) is 5.38. The third-order valence-electron chi connectivity index (χ3n) is 3.89. The second kappa shape index (κ2) is 7.11. The van der Waals surface area contributed by atoms with Crippen molar-refractivity contribution < 1.29 is 14.7 Å². The molecular weight excluding hydrogens is 304 g/mol. The largest absolute Gasteiger partial charge is 0.380 e. The number of halogens is 1. The van der Waals surface area contributed by atoms with Crippen LogP contribution in [0, 0.1) is 6.92 Å². The molecule has 22 heavy (non-hydrogen) atoms. The van der Waals surface area contributed by atoms with Gasteiger partial charge in [-0.3, -0.25) is 9.59 Å². The van der Waals surface area contributed by atoms with Gasteiger partial charge in [0.25, 0.3) is 5.91 Å². The molecule has 1 fully saturated rings. The monoisotopic (exact) mass is 324 g/mol. The third kappa shape index (κ3) is 4.21. The average molecular weight is 325 g/mol. The van der Waals surface area contributed by atoms with Crippen molar-refractivity contribution in [2.45, 2.75) is 44.6 Å². The van der Waals surface area contributed by atoms with Gasteiger partial charge in [0, 0.05) is 13.0 Å². The molecule has 0 spiro atoms. The van der Waals surface area contributed by atoms with Crippen LogP contribution in [0.15, 0.2) is 18.2 Å².